The minimum atomic E-state index is -5.60. The Balaban J connectivity index is 2.26. The van der Waals surface area contributed by atoms with Gasteiger partial charge in [0.25, 0.3) is 0 Å². The van der Waals surface area contributed by atoms with Gasteiger partial charge in [0.15, 0.2) is 5.92 Å². The van der Waals surface area contributed by atoms with Gasteiger partial charge in [0.2, 0.25) is 0 Å². The van der Waals surface area contributed by atoms with Gasteiger partial charge < -0.3 is 20.1 Å². The van der Waals surface area contributed by atoms with Crippen molar-refractivity contribution in [2.75, 3.05) is 0 Å². The summed E-state index contributed by atoms with van der Waals surface area (Å²) in [4.78, 5) is 1.38. The van der Waals surface area contributed by atoms with Crippen molar-refractivity contribution in [3.05, 3.63) is 68.9 Å². The van der Waals surface area contributed by atoms with Crippen LogP contribution in [0.3, 0.4) is 0 Å². The monoisotopic (exact) mass is 524 g/mol. The Morgan fingerprint density at radius 3 is 2.11 bits per heavy atom. The highest BCUT2D eigenvalue weighted by atomic mass is 32.1. The highest BCUT2D eigenvalue weighted by molar-refractivity contribution is 7.13. The standard InChI is InChI=1S/C24H26F6O4S/c1-3-15(5-8-20(14(2)33)22(23(25,26)27)24(28,29)30)21-9-7-19(35-21)13-34-18-6-4-16(11-31)17(10-18)12-32/h4-10,14,22,31-33H,3,11-13H2,1-2H3/b15-5-,20-8+. The number of allylic oxidation sites excluding steroid dienone is 3. The first kappa shape index (κ1) is 28.9. The number of alkyl halides is 6. The summed E-state index contributed by atoms with van der Waals surface area (Å²) in [6.07, 6.45) is -10.9. The van der Waals surface area contributed by atoms with E-state index in [0.717, 1.165) is 11.8 Å². The topological polar surface area (TPSA) is 69.9 Å². The van der Waals surface area contributed by atoms with Gasteiger partial charge in [-0.15, -0.1) is 11.3 Å². The normalized spacial score (nSPS) is 14.5. The van der Waals surface area contributed by atoms with E-state index in [9.17, 15) is 41.7 Å². The van der Waals surface area contributed by atoms with Gasteiger partial charge in [-0.05, 0) is 59.9 Å². The van der Waals surface area contributed by atoms with Gasteiger partial charge in [-0.25, -0.2) is 0 Å². The van der Waals surface area contributed by atoms with Crippen molar-refractivity contribution < 1.29 is 46.4 Å². The van der Waals surface area contributed by atoms with E-state index in [4.69, 9.17) is 4.74 Å². The maximum Gasteiger partial charge on any atom is 0.404 e. The van der Waals surface area contributed by atoms with E-state index in [-0.39, 0.29) is 19.8 Å². The molecule has 1 aromatic carbocycles. The zero-order valence-electron chi connectivity index (χ0n) is 19.0. The first-order valence-electron chi connectivity index (χ1n) is 10.6. The summed E-state index contributed by atoms with van der Waals surface area (Å²) >= 11 is 1.26. The molecule has 194 valence electrons. The molecule has 0 aliphatic heterocycles. The molecule has 11 heteroatoms. The van der Waals surface area contributed by atoms with Crippen LogP contribution in [0.5, 0.6) is 5.75 Å². The highest BCUT2D eigenvalue weighted by Gasteiger charge is 2.58. The molecule has 0 saturated carbocycles. The van der Waals surface area contributed by atoms with E-state index in [0.29, 0.717) is 39.8 Å². The van der Waals surface area contributed by atoms with E-state index in [2.05, 4.69) is 0 Å². The largest absolute Gasteiger partial charge is 0.488 e. The molecule has 0 aliphatic rings. The van der Waals surface area contributed by atoms with Crippen LogP contribution in [0.2, 0.25) is 0 Å². The summed E-state index contributed by atoms with van der Waals surface area (Å²) in [5.74, 6) is -3.31. The van der Waals surface area contributed by atoms with Crippen molar-refractivity contribution in [2.24, 2.45) is 5.92 Å². The van der Waals surface area contributed by atoms with Crippen molar-refractivity contribution in [2.45, 2.75) is 58.5 Å². The first-order valence-corrected chi connectivity index (χ1v) is 11.4. The van der Waals surface area contributed by atoms with Crippen LogP contribution in [0.4, 0.5) is 26.3 Å². The van der Waals surface area contributed by atoms with Crippen LogP contribution in [0.1, 0.15) is 41.1 Å². The van der Waals surface area contributed by atoms with Crippen LogP contribution >= 0.6 is 11.3 Å². The lowest BCUT2D eigenvalue weighted by Gasteiger charge is -2.27. The molecule has 3 N–H and O–H groups in total. The summed E-state index contributed by atoms with van der Waals surface area (Å²) < 4.78 is 84.6. The molecule has 0 aliphatic carbocycles. The lowest BCUT2D eigenvalue weighted by Crippen LogP contribution is -2.40. The minimum absolute atomic E-state index is 0.143. The molecule has 0 fully saturated rings. The molecule has 35 heavy (non-hydrogen) atoms. The molecule has 4 nitrogen and oxygen atoms in total. The van der Waals surface area contributed by atoms with Crippen LogP contribution in [0, 0.1) is 5.92 Å². The third-order valence-corrected chi connectivity index (χ3v) is 6.34. The average Bonchev–Trinajstić information content (AvgIpc) is 3.23. The molecule has 0 radical (unpaired) electrons. The SMILES string of the molecule is CC/C(=C/C=C(\C(C)O)C(C(F)(F)F)C(F)(F)F)c1ccc(COc2ccc(CO)c(CO)c2)s1. The number of ether oxygens (including phenoxy) is 1. The molecule has 2 rings (SSSR count). The fourth-order valence-corrected chi connectivity index (χ4v) is 4.40. The molecule has 2 aromatic rings. The van der Waals surface area contributed by atoms with E-state index in [1.165, 1.54) is 17.4 Å². The maximum absolute atomic E-state index is 13.1. The predicted molar refractivity (Wildman–Crippen MR) is 121 cm³/mol. The summed E-state index contributed by atoms with van der Waals surface area (Å²) in [5, 5.41) is 28.3. The van der Waals surface area contributed by atoms with Crippen LogP contribution in [0.15, 0.2) is 48.1 Å². The van der Waals surface area contributed by atoms with Crippen LogP contribution in [0.25, 0.3) is 5.57 Å². The number of rotatable bonds is 10. The van der Waals surface area contributed by atoms with Gasteiger partial charge in [-0.1, -0.05) is 25.1 Å². The van der Waals surface area contributed by atoms with Crippen molar-refractivity contribution in [1.29, 1.82) is 0 Å². The van der Waals surface area contributed by atoms with Gasteiger partial charge in [0.1, 0.15) is 12.4 Å². The summed E-state index contributed by atoms with van der Waals surface area (Å²) in [7, 11) is 0. The number of aliphatic hydroxyl groups is 3. The first-order chi connectivity index (χ1) is 16.3. The third-order valence-electron chi connectivity index (χ3n) is 5.21. The third kappa shape index (κ3) is 7.83. The average molecular weight is 525 g/mol. The molecular weight excluding hydrogens is 498 g/mol. The number of hydrogen-bond acceptors (Lipinski definition) is 5. The maximum atomic E-state index is 13.1. The molecule has 0 saturated heterocycles. The fourth-order valence-electron chi connectivity index (χ4n) is 3.39. The number of aliphatic hydroxyl groups excluding tert-OH is 3. The summed E-state index contributed by atoms with van der Waals surface area (Å²) in [6, 6.07) is 8.27. The number of halogens is 6. The lowest BCUT2D eigenvalue weighted by molar-refractivity contribution is -0.273. The van der Waals surface area contributed by atoms with E-state index < -0.39 is 29.9 Å². The van der Waals surface area contributed by atoms with Gasteiger partial charge >= 0.3 is 12.4 Å². The number of hydrogen-bond donors (Lipinski definition) is 3. The van der Waals surface area contributed by atoms with Crippen molar-refractivity contribution in [3.63, 3.8) is 0 Å². The molecule has 1 aromatic heterocycles. The molecule has 0 amide bonds. The Morgan fingerprint density at radius 1 is 0.971 bits per heavy atom. The molecule has 0 bridgehead atoms. The number of benzene rings is 1. The van der Waals surface area contributed by atoms with Crippen LogP contribution < -0.4 is 4.74 Å². The zero-order valence-corrected chi connectivity index (χ0v) is 19.8. The molecule has 0 spiro atoms. The molecule has 1 heterocycles. The Morgan fingerprint density at radius 2 is 1.60 bits per heavy atom. The van der Waals surface area contributed by atoms with Gasteiger partial charge in [0.05, 0.1) is 19.3 Å². The summed E-state index contributed by atoms with van der Waals surface area (Å²) in [6.45, 7) is 2.22. The van der Waals surface area contributed by atoms with Gasteiger partial charge in [0, 0.05) is 9.75 Å². The smallest absolute Gasteiger partial charge is 0.404 e. The Hall–Kier alpha value is -2.34. The van der Waals surface area contributed by atoms with Gasteiger partial charge in [-0.3, -0.25) is 0 Å². The van der Waals surface area contributed by atoms with Crippen molar-refractivity contribution >= 4 is 16.9 Å². The lowest BCUT2D eigenvalue weighted by atomic mass is 9.92. The molecule has 1 atom stereocenters. The van der Waals surface area contributed by atoms with E-state index >= 15 is 0 Å². The fraction of sp³-hybridized carbons (Fsp3) is 0.417. The van der Waals surface area contributed by atoms with E-state index in [1.807, 2.05) is 0 Å². The second-order valence-corrected chi connectivity index (χ2v) is 8.87. The van der Waals surface area contributed by atoms with Crippen molar-refractivity contribution in [3.8, 4) is 5.75 Å². The molecule has 1 unspecified atom stereocenters. The van der Waals surface area contributed by atoms with Crippen LogP contribution in [-0.4, -0.2) is 33.8 Å². The Kier molecular flexibility index (Phi) is 9.96. The van der Waals surface area contributed by atoms with Crippen LogP contribution in [-0.2, 0) is 19.8 Å². The quantitative estimate of drug-likeness (QED) is 0.258. The molecular formula is C24H26F6O4S. The zero-order chi connectivity index (χ0) is 26.4. The second kappa shape index (κ2) is 12.1. The minimum Gasteiger partial charge on any atom is -0.488 e. The highest BCUT2D eigenvalue weighted by Crippen LogP contribution is 2.45. The summed E-state index contributed by atoms with van der Waals surface area (Å²) in [5.41, 5.74) is 0.406. The second-order valence-electron chi connectivity index (χ2n) is 7.71. The number of thiophene rings is 1. The Labute approximate surface area is 202 Å². The Bertz CT molecular complexity index is 1020. The van der Waals surface area contributed by atoms with Crippen molar-refractivity contribution in [1.82, 2.24) is 0 Å². The van der Waals surface area contributed by atoms with E-state index in [1.54, 1.807) is 37.3 Å². The predicted octanol–water partition coefficient (Wildman–Crippen LogP) is 6.15. The van der Waals surface area contributed by atoms with Gasteiger partial charge in [-0.2, -0.15) is 26.3 Å².